The second-order valence-corrected chi connectivity index (χ2v) is 7.55. The lowest BCUT2D eigenvalue weighted by Gasteiger charge is -2.44. The molecule has 2 N–H and O–H groups in total. The highest BCUT2D eigenvalue weighted by Crippen LogP contribution is 2.31. The summed E-state index contributed by atoms with van der Waals surface area (Å²) < 4.78 is 6.20. The van der Waals surface area contributed by atoms with Gasteiger partial charge in [0, 0.05) is 24.3 Å². The topological polar surface area (TPSA) is 100.0 Å². The van der Waals surface area contributed by atoms with Crippen molar-refractivity contribution in [2.24, 2.45) is 5.92 Å². The number of aromatic nitrogens is 1. The number of ether oxygens (including phenoxy) is 1. The van der Waals surface area contributed by atoms with Gasteiger partial charge in [0.05, 0.1) is 11.9 Å². The highest BCUT2D eigenvalue weighted by molar-refractivity contribution is 5.89. The number of pyridine rings is 1. The summed E-state index contributed by atoms with van der Waals surface area (Å²) in [6, 6.07) is 12.6. The Balaban J connectivity index is 0.000000275. The number of carbonyl (C=O) groups is 2. The van der Waals surface area contributed by atoms with E-state index in [1.807, 2.05) is 6.20 Å². The number of aryl methyl sites for hydroxylation is 1. The summed E-state index contributed by atoms with van der Waals surface area (Å²) in [5.41, 5.74) is 3.42. The fraction of sp³-hybridized carbons (Fsp3) is 0.348. The summed E-state index contributed by atoms with van der Waals surface area (Å²) in [6.45, 7) is 5.66. The van der Waals surface area contributed by atoms with E-state index < -0.39 is 11.9 Å². The molecule has 0 saturated carbocycles. The fourth-order valence-electron chi connectivity index (χ4n) is 3.71. The zero-order valence-electron chi connectivity index (χ0n) is 16.9. The molecule has 5 rings (SSSR count). The molecule has 7 nitrogen and oxygen atoms in total. The largest absolute Gasteiger partial charge is 0.487 e. The summed E-state index contributed by atoms with van der Waals surface area (Å²) in [4.78, 5) is 26.2. The van der Waals surface area contributed by atoms with Gasteiger partial charge in [0.1, 0.15) is 11.9 Å². The van der Waals surface area contributed by atoms with Crippen LogP contribution in [0, 0.1) is 12.8 Å². The molecule has 2 bridgehead atoms. The van der Waals surface area contributed by atoms with Crippen LogP contribution < -0.4 is 4.74 Å². The maximum Gasteiger partial charge on any atom is 0.328 e. The third-order valence-electron chi connectivity index (χ3n) is 5.34. The van der Waals surface area contributed by atoms with E-state index in [4.69, 9.17) is 14.9 Å². The summed E-state index contributed by atoms with van der Waals surface area (Å²) >= 11 is 0. The minimum atomic E-state index is -1.26. The van der Waals surface area contributed by atoms with E-state index in [9.17, 15) is 9.59 Å². The van der Waals surface area contributed by atoms with Crippen molar-refractivity contribution in [2.75, 3.05) is 19.6 Å². The maximum absolute atomic E-state index is 9.55. The van der Waals surface area contributed by atoms with Gasteiger partial charge < -0.3 is 14.9 Å². The van der Waals surface area contributed by atoms with Crippen LogP contribution in [0.4, 0.5) is 0 Å². The Morgan fingerprint density at radius 1 is 1.03 bits per heavy atom. The standard InChI is InChI=1S/C19H22N2O.C4H4O4/c1-14-2-4-15(5-3-14)18-7-6-17(12-20-18)22-19-13-21-10-8-16(19)9-11-21;5-3(6)1-2-4(7)8/h2-7,12,16,19H,8-11,13H2,1H3;1-2H,(H,5,6)(H,7,8)/b;2-1+. The predicted octanol–water partition coefficient (Wildman–Crippen LogP) is 3.24. The maximum atomic E-state index is 9.55. The van der Waals surface area contributed by atoms with Crippen molar-refractivity contribution in [2.45, 2.75) is 25.9 Å². The average Bonchev–Trinajstić information content (AvgIpc) is 2.75. The molecule has 2 aromatic rings. The highest BCUT2D eigenvalue weighted by atomic mass is 16.5. The molecule has 3 saturated heterocycles. The van der Waals surface area contributed by atoms with Crippen molar-refractivity contribution in [1.82, 2.24) is 9.88 Å². The molecule has 1 aromatic carbocycles. The molecule has 7 heteroatoms. The van der Waals surface area contributed by atoms with Crippen LogP contribution in [0.1, 0.15) is 18.4 Å². The molecule has 3 aliphatic heterocycles. The van der Waals surface area contributed by atoms with Gasteiger partial charge in [-0.05, 0) is 50.9 Å². The first-order valence-corrected chi connectivity index (χ1v) is 9.97. The zero-order chi connectivity index (χ0) is 21.5. The van der Waals surface area contributed by atoms with Crippen LogP contribution in [0.15, 0.2) is 54.7 Å². The van der Waals surface area contributed by atoms with Gasteiger partial charge in [-0.3, -0.25) is 9.88 Å². The van der Waals surface area contributed by atoms with Gasteiger partial charge in [-0.1, -0.05) is 29.8 Å². The lowest BCUT2D eigenvalue weighted by molar-refractivity contribution is -0.134. The van der Waals surface area contributed by atoms with Gasteiger partial charge in [0.25, 0.3) is 0 Å². The second kappa shape index (κ2) is 10.0. The quantitative estimate of drug-likeness (QED) is 0.730. The zero-order valence-corrected chi connectivity index (χ0v) is 16.9. The van der Waals surface area contributed by atoms with Gasteiger partial charge in [-0.25, -0.2) is 9.59 Å². The Bertz CT molecular complexity index is 869. The Labute approximate surface area is 175 Å². The molecular weight excluding hydrogens is 384 g/mol. The minimum absolute atomic E-state index is 0.342. The van der Waals surface area contributed by atoms with Crippen LogP contribution in [-0.4, -0.2) is 57.8 Å². The molecule has 0 spiro atoms. The van der Waals surface area contributed by atoms with Crippen molar-refractivity contribution >= 4 is 11.9 Å². The predicted molar refractivity (Wildman–Crippen MR) is 112 cm³/mol. The van der Waals surface area contributed by atoms with Crippen molar-refractivity contribution in [3.8, 4) is 17.0 Å². The van der Waals surface area contributed by atoms with E-state index in [0.717, 1.165) is 29.5 Å². The van der Waals surface area contributed by atoms with E-state index in [0.29, 0.717) is 18.3 Å². The van der Waals surface area contributed by atoms with Crippen molar-refractivity contribution in [1.29, 1.82) is 0 Å². The smallest absolute Gasteiger partial charge is 0.328 e. The van der Waals surface area contributed by atoms with E-state index in [1.165, 1.54) is 31.5 Å². The number of aliphatic carboxylic acids is 2. The van der Waals surface area contributed by atoms with E-state index in [-0.39, 0.29) is 0 Å². The van der Waals surface area contributed by atoms with Gasteiger partial charge in [0.2, 0.25) is 0 Å². The Kier molecular flexibility index (Phi) is 7.19. The molecule has 1 unspecified atom stereocenters. The van der Waals surface area contributed by atoms with E-state index >= 15 is 0 Å². The first-order chi connectivity index (χ1) is 14.4. The molecule has 4 heterocycles. The molecule has 3 aliphatic rings. The van der Waals surface area contributed by atoms with Crippen LogP contribution in [-0.2, 0) is 9.59 Å². The molecule has 158 valence electrons. The van der Waals surface area contributed by atoms with Crippen molar-refractivity contribution in [3.63, 3.8) is 0 Å². The molecule has 0 aliphatic carbocycles. The number of carboxylic acids is 2. The first-order valence-electron chi connectivity index (χ1n) is 9.97. The van der Waals surface area contributed by atoms with Crippen molar-refractivity contribution < 1.29 is 24.5 Å². The Morgan fingerprint density at radius 3 is 2.13 bits per heavy atom. The number of benzene rings is 1. The van der Waals surface area contributed by atoms with Gasteiger partial charge in [-0.2, -0.15) is 0 Å². The number of rotatable bonds is 5. The first kappa shape index (κ1) is 21.5. The molecule has 0 amide bonds. The van der Waals surface area contributed by atoms with Crippen LogP contribution in [0.3, 0.4) is 0 Å². The highest BCUT2D eigenvalue weighted by Gasteiger charge is 2.35. The van der Waals surface area contributed by atoms with Gasteiger partial charge >= 0.3 is 11.9 Å². The normalized spacial score (nSPS) is 22.2. The monoisotopic (exact) mass is 410 g/mol. The van der Waals surface area contributed by atoms with Crippen LogP contribution >= 0.6 is 0 Å². The van der Waals surface area contributed by atoms with E-state index in [2.05, 4.69) is 53.2 Å². The van der Waals surface area contributed by atoms with Crippen molar-refractivity contribution in [3.05, 3.63) is 60.3 Å². The molecule has 30 heavy (non-hydrogen) atoms. The van der Waals surface area contributed by atoms with Gasteiger partial charge in [-0.15, -0.1) is 0 Å². The average molecular weight is 410 g/mol. The lowest BCUT2D eigenvalue weighted by atomic mass is 9.86. The van der Waals surface area contributed by atoms with Gasteiger partial charge in [0.15, 0.2) is 0 Å². The summed E-state index contributed by atoms with van der Waals surface area (Å²) in [6.07, 6.45) is 5.88. The number of hydrogen-bond donors (Lipinski definition) is 2. The third kappa shape index (κ3) is 6.15. The fourth-order valence-corrected chi connectivity index (χ4v) is 3.71. The number of carboxylic acid groups (broad SMARTS) is 2. The molecule has 3 fully saturated rings. The van der Waals surface area contributed by atoms with Crippen LogP contribution in [0.2, 0.25) is 0 Å². The lowest BCUT2D eigenvalue weighted by Crippen LogP contribution is -2.52. The number of nitrogens with zero attached hydrogens (tertiary/aromatic N) is 2. The molecular formula is C23H26N2O5. The summed E-state index contributed by atoms with van der Waals surface area (Å²) in [5.74, 6) is -0.892. The number of piperidine rings is 3. The number of fused-ring (bicyclic) bond motifs is 3. The summed E-state index contributed by atoms with van der Waals surface area (Å²) in [7, 11) is 0. The number of hydrogen-bond acceptors (Lipinski definition) is 5. The Morgan fingerprint density at radius 2 is 1.67 bits per heavy atom. The molecule has 0 radical (unpaired) electrons. The molecule has 1 aromatic heterocycles. The minimum Gasteiger partial charge on any atom is -0.487 e. The second-order valence-electron chi connectivity index (χ2n) is 7.55. The van der Waals surface area contributed by atoms with Crippen LogP contribution in [0.5, 0.6) is 5.75 Å². The Hall–Kier alpha value is -3.19. The third-order valence-corrected chi connectivity index (χ3v) is 5.34. The summed E-state index contributed by atoms with van der Waals surface area (Å²) in [5, 5.41) is 15.6. The van der Waals surface area contributed by atoms with Crippen LogP contribution in [0.25, 0.3) is 11.3 Å². The SMILES string of the molecule is Cc1ccc(-c2ccc(OC3CN4CCC3CC4)cn2)cc1.O=C(O)/C=C/C(=O)O. The van der Waals surface area contributed by atoms with E-state index in [1.54, 1.807) is 0 Å². The molecule has 1 atom stereocenters.